The molecule has 0 aromatic carbocycles. The molecule has 0 spiro atoms. The molecule has 0 rings (SSSR count). The third kappa shape index (κ3) is 3.66. The molecular weight excluding hydrogens is 152 g/mol. The monoisotopic (exact) mass is 160 g/mol. The van der Waals surface area contributed by atoms with E-state index in [0.29, 0.717) is 0 Å². The minimum atomic E-state index is -4.90. The largest absolute Gasteiger partial charge is 0.445 e. The van der Waals surface area contributed by atoms with Crippen LogP contribution >= 0.6 is 0 Å². The van der Waals surface area contributed by atoms with Crippen LogP contribution in [0, 0.1) is 0 Å². The topological polar surface area (TPSA) is 9.23 Å². The highest BCUT2D eigenvalue weighted by Crippen LogP contribution is 2.24. The SMILES string of the molecule is CC(C)OC(F)C(F)(F)F. The van der Waals surface area contributed by atoms with E-state index in [1.54, 1.807) is 0 Å². The second kappa shape index (κ2) is 3.18. The maximum Gasteiger partial charge on any atom is 0.445 e. The number of hydrogen-bond donors (Lipinski definition) is 0. The van der Waals surface area contributed by atoms with Crippen molar-refractivity contribution in [2.75, 3.05) is 0 Å². The van der Waals surface area contributed by atoms with Crippen molar-refractivity contribution in [1.82, 2.24) is 0 Å². The van der Waals surface area contributed by atoms with Crippen molar-refractivity contribution in [3.63, 3.8) is 0 Å². The molecule has 0 aliphatic heterocycles. The van der Waals surface area contributed by atoms with Gasteiger partial charge in [-0.3, -0.25) is 0 Å². The van der Waals surface area contributed by atoms with Gasteiger partial charge in [0.25, 0.3) is 6.36 Å². The highest BCUT2D eigenvalue weighted by molar-refractivity contribution is 4.54. The lowest BCUT2D eigenvalue weighted by Gasteiger charge is -2.14. The Bertz CT molecular complexity index is 98.3. The van der Waals surface area contributed by atoms with E-state index in [4.69, 9.17) is 0 Å². The van der Waals surface area contributed by atoms with Crippen molar-refractivity contribution >= 4 is 0 Å². The van der Waals surface area contributed by atoms with Crippen LogP contribution in [0.5, 0.6) is 0 Å². The molecule has 1 unspecified atom stereocenters. The van der Waals surface area contributed by atoms with E-state index < -0.39 is 18.6 Å². The molecule has 10 heavy (non-hydrogen) atoms. The summed E-state index contributed by atoms with van der Waals surface area (Å²) >= 11 is 0. The second-order valence-corrected chi connectivity index (χ2v) is 2.04. The molecule has 0 aromatic heterocycles. The van der Waals surface area contributed by atoms with Gasteiger partial charge in [0.1, 0.15) is 0 Å². The molecular formula is C5H8F4O. The summed E-state index contributed by atoms with van der Waals surface area (Å²) in [6.45, 7) is 2.66. The van der Waals surface area contributed by atoms with Gasteiger partial charge in [-0.15, -0.1) is 0 Å². The van der Waals surface area contributed by atoms with Crippen LogP contribution < -0.4 is 0 Å². The van der Waals surface area contributed by atoms with Crippen molar-refractivity contribution < 1.29 is 22.3 Å². The molecule has 1 atom stereocenters. The number of rotatable bonds is 2. The quantitative estimate of drug-likeness (QED) is 0.563. The molecule has 0 saturated heterocycles. The van der Waals surface area contributed by atoms with E-state index in [2.05, 4.69) is 4.74 Å². The number of hydrogen-bond acceptors (Lipinski definition) is 1. The van der Waals surface area contributed by atoms with Crippen molar-refractivity contribution in [1.29, 1.82) is 0 Å². The second-order valence-electron chi connectivity index (χ2n) is 2.04. The van der Waals surface area contributed by atoms with Gasteiger partial charge in [-0.2, -0.15) is 13.2 Å². The highest BCUT2D eigenvalue weighted by Gasteiger charge is 2.41. The van der Waals surface area contributed by atoms with Gasteiger partial charge in [0, 0.05) is 0 Å². The van der Waals surface area contributed by atoms with Gasteiger partial charge >= 0.3 is 6.18 Å². The lowest BCUT2D eigenvalue weighted by atomic mass is 10.5. The Labute approximate surface area is 56.0 Å². The normalized spacial score (nSPS) is 15.9. The summed E-state index contributed by atoms with van der Waals surface area (Å²) in [7, 11) is 0. The van der Waals surface area contributed by atoms with Gasteiger partial charge in [0.05, 0.1) is 6.10 Å². The summed E-state index contributed by atoms with van der Waals surface area (Å²) < 4.78 is 49.6. The molecule has 0 aliphatic rings. The van der Waals surface area contributed by atoms with Gasteiger partial charge in [-0.1, -0.05) is 0 Å². The van der Waals surface area contributed by atoms with Crippen LogP contribution in [0.2, 0.25) is 0 Å². The smallest absolute Gasteiger partial charge is 0.338 e. The van der Waals surface area contributed by atoms with E-state index >= 15 is 0 Å². The van der Waals surface area contributed by atoms with Crippen molar-refractivity contribution in [2.24, 2.45) is 0 Å². The standard InChI is InChI=1S/C5H8F4O/c1-3(2)10-4(6)5(7,8)9/h3-4H,1-2H3. The lowest BCUT2D eigenvalue weighted by Crippen LogP contribution is -2.29. The first kappa shape index (κ1) is 9.68. The van der Waals surface area contributed by atoms with Crippen molar-refractivity contribution in [3.8, 4) is 0 Å². The molecule has 0 saturated carbocycles. The Morgan fingerprint density at radius 3 is 1.70 bits per heavy atom. The van der Waals surface area contributed by atoms with Gasteiger partial charge < -0.3 is 4.74 Å². The molecule has 0 aliphatic carbocycles. The molecule has 0 bridgehead atoms. The Hall–Kier alpha value is -0.320. The number of halogens is 4. The first-order valence-electron chi connectivity index (χ1n) is 2.70. The molecule has 1 nitrogen and oxygen atoms in total. The van der Waals surface area contributed by atoms with Gasteiger partial charge in [0.15, 0.2) is 0 Å². The van der Waals surface area contributed by atoms with Crippen LogP contribution in [-0.4, -0.2) is 18.6 Å². The zero-order valence-electron chi connectivity index (χ0n) is 5.57. The summed E-state index contributed by atoms with van der Waals surface area (Å²) in [5.74, 6) is 0. The summed E-state index contributed by atoms with van der Waals surface area (Å²) in [6, 6.07) is 0. The predicted octanol–water partition coefficient (Wildman–Crippen LogP) is 2.27. The van der Waals surface area contributed by atoms with Crippen LogP contribution in [-0.2, 0) is 4.74 Å². The summed E-state index contributed by atoms with van der Waals surface area (Å²) in [4.78, 5) is 0. The Kier molecular flexibility index (Phi) is 3.08. The van der Waals surface area contributed by atoms with Crippen molar-refractivity contribution in [3.05, 3.63) is 0 Å². The Morgan fingerprint density at radius 2 is 1.60 bits per heavy atom. The van der Waals surface area contributed by atoms with Crippen LogP contribution in [0.15, 0.2) is 0 Å². The Balaban J connectivity index is 3.73. The number of ether oxygens (including phenoxy) is 1. The fourth-order valence-electron chi connectivity index (χ4n) is 0.316. The zero-order chi connectivity index (χ0) is 8.36. The van der Waals surface area contributed by atoms with Crippen LogP contribution in [0.4, 0.5) is 17.6 Å². The summed E-state index contributed by atoms with van der Waals surface area (Å²) in [6.07, 6.45) is -8.81. The maximum atomic E-state index is 11.8. The average Bonchev–Trinajstić information content (AvgIpc) is 1.60. The third-order valence-corrected chi connectivity index (χ3v) is 0.649. The van der Waals surface area contributed by atoms with Gasteiger partial charge in [-0.05, 0) is 13.8 Å². The van der Waals surface area contributed by atoms with E-state index in [1.165, 1.54) is 13.8 Å². The lowest BCUT2D eigenvalue weighted by molar-refractivity contribution is -0.273. The molecule has 0 amide bonds. The molecule has 0 radical (unpaired) electrons. The molecule has 0 aromatic rings. The molecule has 62 valence electrons. The predicted molar refractivity (Wildman–Crippen MR) is 27.2 cm³/mol. The summed E-state index contributed by atoms with van der Waals surface area (Å²) in [5.41, 5.74) is 0. The van der Waals surface area contributed by atoms with E-state index in [1.807, 2.05) is 0 Å². The van der Waals surface area contributed by atoms with Crippen LogP contribution in [0.25, 0.3) is 0 Å². The van der Waals surface area contributed by atoms with E-state index in [9.17, 15) is 17.6 Å². The van der Waals surface area contributed by atoms with Gasteiger partial charge in [0.2, 0.25) is 0 Å². The van der Waals surface area contributed by atoms with Gasteiger partial charge in [-0.25, -0.2) is 4.39 Å². The maximum absolute atomic E-state index is 11.8. The first-order valence-corrected chi connectivity index (χ1v) is 2.70. The molecule has 0 N–H and O–H groups in total. The molecule has 5 heteroatoms. The van der Waals surface area contributed by atoms with E-state index in [-0.39, 0.29) is 0 Å². The fourth-order valence-corrected chi connectivity index (χ4v) is 0.316. The van der Waals surface area contributed by atoms with Crippen LogP contribution in [0.3, 0.4) is 0 Å². The highest BCUT2D eigenvalue weighted by atomic mass is 19.4. The van der Waals surface area contributed by atoms with Crippen molar-refractivity contribution in [2.45, 2.75) is 32.5 Å². The molecule has 0 heterocycles. The van der Waals surface area contributed by atoms with E-state index in [0.717, 1.165) is 0 Å². The number of alkyl halides is 4. The zero-order valence-corrected chi connectivity index (χ0v) is 5.57. The van der Waals surface area contributed by atoms with Crippen LogP contribution in [0.1, 0.15) is 13.8 Å². The Morgan fingerprint density at radius 1 is 1.20 bits per heavy atom. The third-order valence-electron chi connectivity index (χ3n) is 0.649. The minimum absolute atomic E-state index is 0.753. The fraction of sp³-hybridized carbons (Fsp3) is 1.00. The minimum Gasteiger partial charge on any atom is -0.338 e. The molecule has 0 fully saturated rings. The first-order chi connectivity index (χ1) is 4.34. The average molecular weight is 160 g/mol. The summed E-state index contributed by atoms with van der Waals surface area (Å²) in [5, 5.41) is 0.